The molecule has 0 radical (unpaired) electrons. The topological polar surface area (TPSA) is 88.1 Å². The van der Waals surface area contributed by atoms with E-state index in [1.807, 2.05) is 29.6 Å². The van der Waals surface area contributed by atoms with Gasteiger partial charge in [0.1, 0.15) is 16.5 Å². The maximum Gasteiger partial charge on any atom is 0.165 e. The molecule has 0 amide bonds. The molecule has 0 atom stereocenters. The number of nitrogen functional groups attached to an aromatic ring is 1. The van der Waals surface area contributed by atoms with Gasteiger partial charge in [-0.15, -0.1) is 16.4 Å². The Labute approximate surface area is 170 Å². The fourth-order valence-electron chi connectivity index (χ4n) is 2.72. The van der Waals surface area contributed by atoms with E-state index >= 15 is 0 Å². The van der Waals surface area contributed by atoms with Crippen LogP contribution in [0.2, 0.25) is 5.02 Å². The molecule has 0 unspecified atom stereocenters. The number of nitrogens with zero attached hydrogens (tertiary/aromatic N) is 4. The minimum Gasteiger partial charge on any atom is -0.497 e. The van der Waals surface area contributed by atoms with Crippen molar-refractivity contribution in [3.63, 3.8) is 0 Å². The second-order valence-corrected chi connectivity index (χ2v) is 7.09. The van der Waals surface area contributed by atoms with Crippen molar-refractivity contribution in [2.45, 2.75) is 0 Å². The van der Waals surface area contributed by atoms with Gasteiger partial charge in [0.2, 0.25) is 0 Å². The highest BCUT2D eigenvalue weighted by Crippen LogP contribution is 2.34. The molecule has 0 fully saturated rings. The lowest BCUT2D eigenvalue weighted by atomic mass is 10.2. The summed E-state index contributed by atoms with van der Waals surface area (Å²) < 4.78 is 12.1. The maximum atomic E-state index is 6.33. The molecule has 2 aromatic heterocycles. The first-order valence-electron chi connectivity index (χ1n) is 8.26. The normalized spacial score (nSPS) is 10.8. The molecule has 2 aromatic carbocycles. The smallest absolute Gasteiger partial charge is 0.165 e. The molecule has 0 spiro atoms. The SMILES string of the molecule is COc1cc(OC)cc(-n2nnc(-c3nc(-c4ccccc4Cl)cs3)c2N)c1. The summed E-state index contributed by atoms with van der Waals surface area (Å²) in [6.07, 6.45) is 0. The highest BCUT2D eigenvalue weighted by atomic mass is 35.5. The number of aromatic nitrogens is 4. The summed E-state index contributed by atoms with van der Waals surface area (Å²) in [5, 5.41) is 11.6. The average Bonchev–Trinajstić information content (AvgIpc) is 3.34. The van der Waals surface area contributed by atoms with Crippen molar-refractivity contribution in [1.29, 1.82) is 0 Å². The van der Waals surface area contributed by atoms with E-state index in [2.05, 4.69) is 15.3 Å². The Hall–Kier alpha value is -3.10. The van der Waals surface area contributed by atoms with Crippen molar-refractivity contribution in [2.24, 2.45) is 0 Å². The van der Waals surface area contributed by atoms with Crippen LogP contribution in [-0.2, 0) is 0 Å². The highest BCUT2D eigenvalue weighted by Gasteiger charge is 2.18. The molecule has 7 nitrogen and oxygen atoms in total. The van der Waals surface area contributed by atoms with E-state index in [0.717, 1.165) is 11.3 Å². The summed E-state index contributed by atoms with van der Waals surface area (Å²) in [6, 6.07) is 12.9. The Kier molecular flexibility index (Phi) is 4.89. The Balaban J connectivity index is 1.73. The molecular weight excluding hydrogens is 398 g/mol. The number of anilines is 1. The molecule has 0 aliphatic heterocycles. The van der Waals surface area contributed by atoms with Gasteiger partial charge < -0.3 is 15.2 Å². The van der Waals surface area contributed by atoms with Crippen LogP contribution in [0.3, 0.4) is 0 Å². The summed E-state index contributed by atoms with van der Waals surface area (Å²) in [7, 11) is 3.17. The number of benzene rings is 2. The molecule has 0 aliphatic rings. The maximum absolute atomic E-state index is 6.33. The van der Waals surface area contributed by atoms with Gasteiger partial charge in [0.05, 0.1) is 25.6 Å². The van der Waals surface area contributed by atoms with Crippen LogP contribution in [-0.4, -0.2) is 34.2 Å². The van der Waals surface area contributed by atoms with Crippen molar-refractivity contribution in [2.75, 3.05) is 20.0 Å². The van der Waals surface area contributed by atoms with Crippen LogP contribution in [0.1, 0.15) is 0 Å². The number of halogens is 1. The predicted molar refractivity (Wildman–Crippen MR) is 110 cm³/mol. The van der Waals surface area contributed by atoms with Gasteiger partial charge in [-0.2, -0.15) is 4.68 Å². The number of nitrogens with two attached hydrogens (primary N) is 1. The molecule has 4 aromatic rings. The van der Waals surface area contributed by atoms with Gasteiger partial charge in [-0.3, -0.25) is 0 Å². The molecule has 0 saturated carbocycles. The van der Waals surface area contributed by atoms with Gasteiger partial charge in [-0.1, -0.05) is 35.0 Å². The number of hydrogen-bond donors (Lipinski definition) is 1. The number of methoxy groups -OCH3 is 2. The number of ether oxygens (including phenoxy) is 2. The van der Waals surface area contributed by atoms with Gasteiger partial charge in [-0.25, -0.2) is 4.98 Å². The average molecular weight is 414 g/mol. The molecule has 2 N–H and O–H groups in total. The Bertz CT molecular complexity index is 1120. The minimum absolute atomic E-state index is 0.371. The fraction of sp³-hybridized carbons (Fsp3) is 0.105. The van der Waals surface area contributed by atoms with E-state index in [0.29, 0.717) is 38.7 Å². The molecule has 4 rings (SSSR count). The van der Waals surface area contributed by atoms with Crippen LogP contribution in [0.15, 0.2) is 47.8 Å². The van der Waals surface area contributed by atoms with E-state index in [1.54, 1.807) is 32.4 Å². The van der Waals surface area contributed by atoms with Crippen molar-refractivity contribution < 1.29 is 9.47 Å². The summed E-state index contributed by atoms with van der Waals surface area (Å²) in [4.78, 5) is 4.64. The number of rotatable bonds is 5. The number of hydrogen-bond acceptors (Lipinski definition) is 7. The zero-order chi connectivity index (χ0) is 19.7. The van der Waals surface area contributed by atoms with Crippen LogP contribution in [0.5, 0.6) is 11.5 Å². The van der Waals surface area contributed by atoms with E-state index < -0.39 is 0 Å². The standard InChI is InChI=1S/C19H16ClN5O2S/c1-26-12-7-11(8-13(9-12)27-2)25-18(21)17(23-24-25)19-22-16(10-28-19)14-5-3-4-6-15(14)20/h3-10H,21H2,1-2H3. The van der Waals surface area contributed by atoms with Crippen molar-refractivity contribution in [3.05, 3.63) is 52.9 Å². The molecule has 9 heteroatoms. The van der Waals surface area contributed by atoms with Crippen LogP contribution in [0, 0.1) is 0 Å². The Morgan fingerprint density at radius 3 is 2.46 bits per heavy atom. The Morgan fingerprint density at radius 2 is 1.79 bits per heavy atom. The largest absolute Gasteiger partial charge is 0.497 e. The highest BCUT2D eigenvalue weighted by molar-refractivity contribution is 7.13. The van der Waals surface area contributed by atoms with E-state index in [9.17, 15) is 0 Å². The molecule has 142 valence electrons. The van der Waals surface area contributed by atoms with Gasteiger partial charge in [-0.05, 0) is 6.07 Å². The lowest BCUT2D eigenvalue weighted by molar-refractivity contribution is 0.394. The fourth-order valence-corrected chi connectivity index (χ4v) is 3.77. The predicted octanol–water partition coefficient (Wildman–Crippen LogP) is 4.31. The summed E-state index contributed by atoms with van der Waals surface area (Å²) in [6.45, 7) is 0. The zero-order valence-electron chi connectivity index (χ0n) is 15.1. The van der Waals surface area contributed by atoms with Crippen LogP contribution in [0.25, 0.3) is 27.6 Å². The first-order chi connectivity index (χ1) is 13.6. The van der Waals surface area contributed by atoms with Crippen LogP contribution in [0.4, 0.5) is 5.82 Å². The lowest BCUT2D eigenvalue weighted by Crippen LogP contribution is -2.03. The third-order valence-corrected chi connectivity index (χ3v) is 5.32. The molecule has 28 heavy (non-hydrogen) atoms. The third kappa shape index (κ3) is 3.28. The second-order valence-electron chi connectivity index (χ2n) is 5.82. The minimum atomic E-state index is 0.371. The second kappa shape index (κ2) is 7.49. The first kappa shape index (κ1) is 18.3. The molecule has 0 saturated heterocycles. The van der Waals surface area contributed by atoms with E-state index in [4.69, 9.17) is 26.8 Å². The van der Waals surface area contributed by atoms with Gasteiger partial charge in [0.15, 0.2) is 11.5 Å². The quantitative estimate of drug-likeness (QED) is 0.524. The molecule has 2 heterocycles. The van der Waals surface area contributed by atoms with E-state index in [-0.39, 0.29) is 0 Å². The first-order valence-corrected chi connectivity index (χ1v) is 9.52. The monoisotopic (exact) mass is 413 g/mol. The van der Waals surface area contributed by atoms with Crippen LogP contribution >= 0.6 is 22.9 Å². The molecule has 0 aliphatic carbocycles. The van der Waals surface area contributed by atoms with Gasteiger partial charge in [0.25, 0.3) is 0 Å². The molecular formula is C19H16ClN5O2S. The lowest BCUT2D eigenvalue weighted by Gasteiger charge is -2.09. The molecule has 0 bridgehead atoms. The van der Waals surface area contributed by atoms with Gasteiger partial charge >= 0.3 is 0 Å². The summed E-state index contributed by atoms with van der Waals surface area (Å²) >= 11 is 7.70. The third-order valence-electron chi connectivity index (χ3n) is 4.14. The summed E-state index contributed by atoms with van der Waals surface area (Å²) in [5.74, 6) is 1.62. The van der Waals surface area contributed by atoms with Crippen molar-refractivity contribution in [3.8, 4) is 39.1 Å². The van der Waals surface area contributed by atoms with Crippen molar-refractivity contribution in [1.82, 2.24) is 20.0 Å². The van der Waals surface area contributed by atoms with Gasteiger partial charge in [0, 0.05) is 34.2 Å². The summed E-state index contributed by atoms with van der Waals surface area (Å²) in [5.41, 5.74) is 9.13. The van der Waals surface area contributed by atoms with Crippen molar-refractivity contribution >= 4 is 28.8 Å². The Morgan fingerprint density at radius 1 is 1.07 bits per heavy atom. The number of thiazole rings is 1. The van der Waals surface area contributed by atoms with Crippen LogP contribution < -0.4 is 15.2 Å². The zero-order valence-corrected chi connectivity index (χ0v) is 16.7. The van der Waals surface area contributed by atoms with E-state index in [1.165, 1.54) is 16.0 Å².